The van der Waals surface area contributed by atoms with Gasteiger partial charge < -0.3 is 4.74 Å². The molecular formula is C9H12N2O3. The van der Waals surface area contributed by atoms with Crippen molar-refractivity contribution in [3.63, 3.8) is 0 Å². The van der Waals surface area contributed by atoms with Crippen LogP contribution in [0.2, 0.25) is 0 Å². The maximum atomic E-state index is 11.3. The summed E-state index contributed by atoms with van der Waals surface area (Å²) in [5.41, 5.74) is 0.369. The number of carbonyl (C=O) groups excluding carboxylic acids is 1. The van der Waals surface area contributed by atoms with Gasteiger partial charge in [0.2, 0.25) is 0 Å². The zero-order valence-corrected chi connectivity index (χ0v) is 8.35. The van der Waals surface area contributed by atoms with Gasteiger partial charge in [0.05, 0.1) is 12.8 Å². The predicted molar refractivity (Wildman–Crippen MR) is 50.0 cm³/mol. The molecule has 14 heavy (non-hydrogen) atoms. The lowest BCUT2D eigenvalue weighted by atomic mass is 10.3. The van der Waals surface area contributed by atoms with Crippen molar-refractivity contribution >= 4 is 5.97 Å². The number of carbonyl (C=O) groups is 1. The summed E-state index contributed by atoms with van der Waals surface area (Å²) in [4.78, 5) is 22.5. The van der Waals surface area contributed by atoms with Crippen LogP contribution in [0, 0.1) is 6.92 Å². The van der Waals surface area contributed by atoms with Crippen LogP contribution in [0.1, 0.15) is 18.7 Å². The van der Waals surface area contributed by atoms with E-state index in [1.807, 2.05) is 0 Å². The van der Waals surface area contributed by atoms with Gasteiger partial charge in [0.15, 0.2) is 6.04 Å². The van der Waals surface area contributed by atoms with Gasteiger partial charge in [-0.3, -0.25) is 4.79 Å². The highest BCUT2D eigenvalue weighted by atomic mass is 16.5. The molecule has 0 aliphatic rings. The molecule has 0 unspecified atom stereocenters. The van der Waals surface area contributed by atoms with Gasteiger partial charge in [-0.25, -0.2) is 9.48 Å². The summed E-state index contributed by atoms with van der Waals surface area (Å²) in [6.45, 7) is 3.32. The van der Waals surface area contributed by atoms with Crippen LogP contribution in [0.15, 0.2) is 16.9 Å². The Morgan fingerprint density at radius 1 is 1.57 bits per heavy atom. The van der Waals surface area contributed by atoms with E-state index in [1.54, 1.807) is 19.9 Å². The van der Waals surface area contributed by atoms with E-state index in [9.17, 15) is 9.59 Å². The van der Waals surface area contributed by atoms with E-state index >= 15 is 0 Å². The molecule has 0 radical (unpaired) electrons. The zero-order valence-electron chi connectivity index (χ0n) is 8.35. The van der Waals surface area contributed by atoms with Crippen molar-refractivity contribution in [2.24, 2.45) is 0 Å². The molecule has 1 atom stereocenters. The van der Waals surface area contributed by atoms with Crippen molar-refractivity contribution in [2.75, 3.05) is 7.11 Å². The summed E-state index contributed by atoms with van der Waals surface area (Å²) in [7, 11) is 1.28. The summed E-state index contributed by atoms with van der Waals surface area (Å²) in [6.07, 6.45) is 0. The van der Waals surface area contributed by atoms with Crippen LogP contribution in [-0.2, 0) is 9.53 Å². The van der Waals surface area contributed by atoms with E-state index in [-0.39, 0.29) is 5.56 Å². The molecule has 0 amide bonds. The van der Waals surface area contributed by atoms with E-state index < -0.39 is 12.0 Å². The fraction of sp³-hybridized carbons (Fsp3) is 0.444. The smallest absolute Gasteiger partial charge is 0.330 e. The maximum absolute atomic E-state index is 11.3. The molecule has 0 bridgehead atoms. The van der Waals surface area contributed by atoms with Gasteiger partial charge in [0.25, 0.3) is 5.56 Å². The van der Waals surface area contributed by atoms with Gasteiger partial charge in [-0.2, -0.15) is 5.10 Å². The van der Waals surface area contributed by atoms with Crippen molar-refractivity contribution < 1.29 is 9.53 Å². The van der Waals surface area contributed by atoms with E-state index in [4.69, 9.17) is 0 Å². The van der Waals surface area contributed by atoms with E-state index in [0.717, 1.165) is 4.68 Å². The quantitative estimate of drug-likeness (QED) is 0.638. The van der Waals surface area contributed by atoms with Crippen LogP contribution in [-0.4, -0.2) is 22.9 Å². The topological polar surface area (TPSA) is 61.2 Å². The summed E-state index contributed by atoms with van der Waals surface area (Å²) in [5, 5.41) is 3.94. The molecule has 1 aromatic rings. The third-order valence-corrected chi connectivity index (χ3v) is 1.87. The Bertz CT molecular complexity index is 397. The highest BCUT2D eigenvalue weighted by molar-refractivity contribution is 5.73. The van der Waals surface area contributed by atoms with Crippen LogP contribution in [0.3, 0.4) is 0 Å². The number of rotatable bonds is 2. The Kier molecular flexibility index (Phi) is 3.01. The Morgan fingerprint density at radius 2 is 2.21 bits per heavy atom. The summed E-state index contributed by atoms with van der Waals surface area (Å²) < 4.78 is 5.63. The fourth-order valence-electron chi connectivity index (χ4n) is 1.07. The second-order valence-corrected chi connectivity index (χ2v) is 2.96. The maximum Gasteiger partial charge on any atom is 0.330 e. The van der Waals surface area contributed by atoms with Crippen molar-refractivity contribution in [3.05, 3.63) is 28.2 Å². The molecule has 1 heterocycles. The molecule has 0 N–H and O–H groups in total. The van der Waals surface area contributed by atoms with Crippen molar-refractivity contribution in [3.8, 4) is 0 Å². The number of aromatic nitrogens is 2. The van der Waals surface area contributed by atoms with E-state index in [2.05, 4.69) is 9.84 Å². The molecule has 0 fully saturated rings. The number of hydrogen-bond donors (Lipinski definition) is 0. The molecule has 0 saturated carbocycles. The minimum Gasteiger partial charge on any atom is -0.467 e. The third-order valence-electron chi connectivity index (χ3n) is 1.87. The average molecular weight is 196 g/mol. The minimum absolute atomic E-state index is 0.312. The predicted octanol–water partition coefficient (Wildman–Crippen LogP) is 0.286. The third kappa shape index (κ3) is 1.99. The molecule has 1 rings (SSSR count). The molecule has 76 valence electrons. The largest absolute Gasteiger partial charge is 0.467 e. The number of hydrogen-bond acceptors (Lipinski definition) is 4. The minimum atomic E-state index is -0.688. The lowest BCUT2D eigenvalue weighted by Crippen LogP contribution is -2.30. The van der Waals surface area contributed by atoms with E-state index in [0.29, 0.717) is 5.69 Å². The van der Waals surface area contributed by atoms with Crippen LogP contribution in [0.25, 0.3) is 0 Å². The Balaban J connectivity index is 3.12. The number of nitrogens with zero attached hydrogens (tertiary/aromatic N) is 2. The van der Waals surface area contributed by atoms with Gasteiger partial charge in [-0.15, -0.1) is 0 Å². The first-order valence-corrected chi connectivity index (χ1v) is 4.20. The Hall–Kier alpha value is -1.65. The molecule has 0 saturated heterocycles. The molecular weight excluding hydrogens is 184 g/mol. The number of ether oxygens (including phenoxy) is 1. The van der Waals surface area contributed by atoms with Crippen LogP contribution in [0.4, 0.5) is 0 Å². The van der Waals surface area contributed by atoms with Crippen molar-refractivity contribution in [2.45, 2.75) is 19.9 Å². The molecule has 0 aliphatic carbocycles. The second-order valence-electron chi connectivity index (χ2n) is 2.96. The first kappa shape index (κ1) is 10.4. The first-order chi connectivity index (χ1) is 6.56. The van der Waals surface area contributed by atoms with Crippen molar-refractivity contribution in [1.82, 2.24) is 9.78 Å². The van der Waals surface area contributed by atoms with Crippen LogP contribution < -0.4 is 5.56 Å². The highest BCUT2D eigenvalue weighted by Gasteiger charge is 2.17. The number of methoxy groups -OCH3 is 1. The summed E-state index contributed by atoms with van der Waals surface area (Å²) in [6, 6.07) is 2.29. The van der Waals surface area contributed by atoms with E-state index in [1.165, 1.54) is 13.2 Å². The second kappa shape index (κ2) is 4.04. The SMILES string of the molecule is COC(=O)[C@H](C)n1nc(C)ccc1=O. The molecule has 0 aromatic carbocycles. The van der Waals surface area contributed by atoms with Gasteiger partial charge in [-0.1, -0.05) is 0 Å². The highest BCUT2D eigenvalue weighted by Crippen LogP contribution is 2.02. The fourth-order valence-corrected chi connectivity index (χ4v) is 1.07. The first-order valence-electron chi connectivity index (χ1n) is 4.20. The summed E-state index contributed by atoms with van der Waals surface area (Å²) in [5.74, 6) is -0.481. The molecule has 0 spiro atoms. The van der Waals surface area contributed by atoms with Gasteiger partial charge >= 0.3 is 5.97 Å². The lowest BCUT2D eigenvalue weighted by Gasteiger charge is -2.11. The Morgan fingerprint density at radius 3 is 2.79 bits per heavy atom. The average Bonchev–Trinajstić information content (AvgIpc) is 2.19. The monoisotopic (exact) mass is 196 g/mol. The molecule has 5 heteroatoms. The number of esters is 1. The lowest BCUT2D eigenvalue weighted by molar-refractivity contribution is -0.144. The number of aryl methyl sites for hydroxylation is 1. The van der Waals surface area contributed by atoms with Crippen molar-refractivity contribution in [1.29, 1.82) is 0 Å². The normalized spacial score (nSPS) is 12.2. The van der Waals surface area contributed by atoms with Crippen LogP contribution >= 0.6 is 0 Å². The zero-order chi connectivity index (χ0) is 10.7. The van der Waals surface area contributed by atoms with Gasteiger partial charge in [0, 0.05) is 6.07 Å². The van der Waals surface area contributed by atoms with Gasteiger partial charge in [-0.05, 0) is 19.9 Å². The summed E-state index contributed by atoms with van der Waals surface area (Å²) >= 11 is 0. The molecule has 0 aliphatic heterocycles. The van der Waals surface area contributed by atoms with Gasteiger partial charge in [0.1, 0.15) is 0 Å². The Labute approximate surface area is 81.3 Å². The van der Waals surface area contributed by atoms with Crippen LogP contribution in [0.5, 0.6) is 0 Å². The molecule has 1 aromatic heterocycles. The molecule has 5 nitrogen and oxygen atoms in total. The standard InChI is InChI=1S/C9H12N2O3/c1-6-4-5-8(12)11(10-6)7(2)9(13)14-3/h4-5,7H,1-3H3/t7-/m0/s1.